The molecule has 2 aliphatic rings. The van der Waals surface area contributed by atoms with Gasteiger partial charge in [0, 0.05) is 25.9 Å². The van der Waals surface area contributed by atoms with E-state index in [1.807, 2.05) is 6.92 Å². The molecular weight excluding hydrogens is 406 g/mol. The smallest absolute Gasteiger partial charge is 0.322 e. The predicted molar refractivity (Wildman–Crippen MR) is 96.4 cm³/mol. The van der Waals surface area contributed by atoms with Crippen molar-refractivity contribution in [3.05, 3.63) is 21.7 Å². The summed E-state index contributed by atoms with van der Waals surface area (Å²) in [5, 5.41) is 1.75. The topological polar surface area (TPSA) is 74.3 Å². The third kappa shape index (κ3) is 2.90. The highest BCUT2D eigenvalue weighted by Crippen LogP contribution is 2.49. The van der Waals surface area contributed by atoms with Crippen molar-refractivity contribution in [2.45, 2.75) is 31.3 Å². The number of carbonyl (C=O) groups excluding carboxylic acids is 2. The molecule has 0 bridgehead atoms. The number of ether oxygens (including phenoxy) is 3. The number of esters is 1. The normalized spacial score (nSPS) is 22.6. The van der Waals surface area contributed by atoms with E-state index in [9.17, 15) is 9.59 Å². The summed E-state index contributed by atoms with van der Waals surface area (Å²) in [5.74, 6) is -1.02. The van der Waals surface area contributed by atoms with Crippen LogP contribution in [0.1, 0.15) is 29.9 Å². The van der Waals surface area contributed by atoms with Crippen LogP contribution in [-0.2, 0) is 19.2 Å². The van der Waals surface area contributed by atoms with E-state index >= 15 is 0 Å². The predicted octanol–water partition coefficient (Wildman–Crippen LogP) is 2.38. The van der Waals surface area contributed by atoms with Crippen molar-refractivity contribution in [3.63, 3.8) is 0 Å². The van der Waals surface area contributed by atoms with Crippen LogP contribution in [0.3, 0.4) is 0 Å². The number of rotatable bonds is 4. The molecule has 0 aromatic heterocycles. The third-order valence-electron chi connectivity index (χ3n) is 5.15. The molecule has 2 saturated heterocycles. The zero-order valence-electron chi connectivity index (χ0n) is 15.3. The van der Waals surface area contributed by atoms with Crippen molar-refractivity contribution in [3.8, 4) is 11.5 Å². The van der Waals surface area contributed by atoms with Crippen molar-refractivity contribution in [1.82, 2.24) is 5.06 Å². The van der Waals surface area contributed by atoms with Crippen LogP contribution in [0.15, 0.2) is 10.5 Å². The molecule has 1 unspecified atom stereocenters. The van der Waals surface area contributed by atoms with Gasteiger partial charge in [-0.1, -0.05) is 0 Å². The van der Waals surface area contributed by atoms with Gasteiger partial charge in [-0.25, -0.2) is 0 Å². The highest BCUT2D eigenvalue weighted by molar-refractivity contribution is 9.10. The van der Waals surface area contributed by atoms with Crippen molar-refractivity contribution < 1.29 is 28.6 Å². The van der Waals surface area contributed by atoms with Crippen LogP contribution >= 0.6 is 15.9 Å². The van der Waals surface area contributed by atoms with Gasteiger partial charge in [0.25, 0.3) is 0 Å². The Balaban J connectivity index is 2.04. The van der Waals surface area contributed by atoms with E-state index in [1.54, 1.807) is 18.2 Å². The number of hydrogen-bond acceptors (Lipinski definition) is 7. The van der Waals surface area contributed by atoms with Gasteiger partial charge in [-0.2, -0.15) is 5.06 Å². The number of hydrogen-bond donors (Lipinski definition) is 0. The van der Waals surface area contributed by atoms with Crippen LogP contribution < -0.4 is 9.47 Å². The standard InChI is InChI=1S/C18H22BrNO6/c1-10-9-11(23-2)12(15(24-3)14(10)19)13-16(21)18(26-17(13)22)5-7-20(25-4)8-6-18/h9,13H,5-8H2,1-4H3. The number of Topliss-reactive ketones (excluding diaryl/α,β-unsaturated/α-hetero) is 1. The van der Waals surface area contributed by atoms with Gasteiger partial charge in [-0.15, -0.1) is 0 Å². The Morgan fingerprint density at radius 2 is 1.85 bits per heavy atom. The molecular formula is C18H22BrNO6. The average molecular weight is 428 g/mol. The molecule has 0 aliphatic carbocycles. The van der Waals surface area contributed by atoms with Gasteiger partial charge in [0.2, 0.25) is 0 Å². The van der Waals surface area contributed by atoms with Crippen LogP contribution in [0.2, 0.25) is 0 Å². The zero-order valence-corrected chi connectivity index (χ0v) is 16.8. The summed E-state index contributed by atoms with van der Waals surface area (Å²) < 4.78 is 17.3. The van der Waals surface area contributed by atoms with Gasteiger partial charge in [-0.05, 0) is 34.5 Å². The highest BCUT2D eigenvalue weighted by Gasteiger charge is 2.58. The maximum Gasteiger partial charge on any atom is 0.322 e. The number of carbonyl (C=O) groups is 2. The lowest BCUT2D eigenvalue weighted by atomic mass is 9.81. The molecule has 0 N–H and O–H groups in total. The first kappa shape index (κ1) is 19.1. The molecule has 1 atom stereocenters. The quantitative estimate of drug-likeness (QED) is 0.539. The van der Waals surface area contributed by atoms with Gasteiger partial charge in [0.15, 0.2) is 17.3 Å². The Labute approximate surface area is 160 Å². The maximum absolute atomic E-state index is 13.3. The fraction of sp³-hybridized carbons (Fsp3) is 0.556. The molecule has 8 heteroatoms. The highest BCUT2D eigenvalue weighted by atomic mass is 79.9. The maximum atomic E-state index is 13.3. The fourth-order valence-corrected chi connectivity index (χ4v) is 4.18. The summed E-state index contributed by atoms with van der Waals surface area (Å²) in [4.78, 5) is 31.2. The van der Waals surface area contributed by atoms with Gasteiger partial charge >= 0.3 is 5.97 Å². The largest absolute Gasteiger partial charge is 0.496 e. The summed E-state index contributed by atoms with van der Waals surface area (Å²) in [6.45, 7) is 2.93. The van der Waals surface area contributed by atoms with Crippen LogP contribution in [0, 0.1) is 6.92 Å². The lowest BCUT2D eigenvalue weighted by Crippen LogP contribution is -2.48. The lowest BCUT2D eigenvalue weighted by Gasteiger charge is -2.35. The molecule has 2 aliphatic heterocycles. The Bertz CT molecular complexity index is 742. The summed E-state index contributed by atoms with van der Waals surface area (Å²) >= 11 is 3.48. The summed E-state index contributed by atoms with van der Waals surface area (Å²) in [7, 11) is 4.59. The zero-order chi connectivity index (χ0) is 19.1. The van der Waals surface area contributed by atoms with Gasteiger partial charge < -0.3 is 19.0 Å². The molecule has 2 fully saturated rings. The molecule has 0 saturated carbocycles. The number of piperidine rings is 1. The van der Waals surface area contributed by atoms with E-state index in [-0.39, 0.29) is 5.78 Å². The van der Waals surface area contributed by atoms with Crippen molar-refractivity contribution in [1.29, 1.82) is 0 Å². The number of hydroxylamine groups is 2. The molecule has 142 valence electrons. The van der Waals surface area contributed by atoms with E-state index < -0.39 is 17.5 Å². The molecule has 1 aromatic rings. The number of nitrogens with zero attached hydrogens (tertiary/aromatic N) is 1. The number of methoxy groups -OCH3 is 2. The lowest BCUT2D eigenvalue weighted by molar-refractivity contribution is -0.184. The molecule has 0 radical (unpaired) electrons. The van der Waals surface area contributed by atoms with Crippen LogP contribution in [0.4, 0.5) is 0 Å². The molecule has 0 amide bonds. The van der Waals surface area contributed by atoms with E-state index in [0.29, 0.717) is 47.5 Å². The first-order chi connectivity index (χ1) is 12.4. The molecule has 1 aromatic carbocycles. The number of halogens is 1. The summed E-state index contributed by atoms with van der Waals surface area (Å²) in [5.41, 5.74) is 0.183. The molecule has 1 spiro atoms. The van der Waals surface area contributed by atoms with Gasteiger partial charge in [0.05, 0.1) is 31.4 Å². The minimum absolute atomic E-state index is 0.245. The third-order valence-corrected chi connectivity index (χ3v) is 6.13. The molecule has 26 heavy (non-hydrogen) atoms. The van der Waals surface area contributed by atoms with Crippen LogP contribution in [-0.4, -0.2) is 56.8 Å². The fourth-order valence-electron chi connectivity index (χ4n) is 3.69. The van der Waals surface area contributed by atoms with Crippen molar-refractivity contribution >= 4 is 27.7 Å². The van der Waals surface area contributed by atoms with Crippen molar-refractivity contribution in [2.24, 2.45) is 0 Å². The second kappa shape index (κ2) is 7.17. The first-order valence-electron chi connectivity index (χ1n) is 8.35. The average Bonchev–Trinajstić information content (AvgIpc) is 2.87. The van der Waals surface area contributed by atoms with E-state index in [1.165, 1.54) is 14.2 Å². The molecule has 2 heterocycles. The second-order valence-corrected chi connectivity index (χ2v) is 7.27. The second-order valence-electron chi connectivity index (χ2n) is 6.48. The Morgan fingerprint density at radius 3 is 2.38 bits per heavy atom. The van der Waals surface area contributed by atoms with E-state index in [4.69, 9.17) is 19.0 Å². The van der Waals surface area contributed by atoms with Gasteiger partial charge in [-0.3, -0.25) is 9.59 Å². The number of aryl methyl sites for hydroxylation is 1. The minimum atomic E-state index is -1.11. The van der Waals surface area contributed by atoms with Crippen LogP contribution in [0.5, 0.6) is 11.5 Å². The Morgan fingerprint density at radius 1 is 1.19 bits per heavy atom. The monoisotopic (exact) mass is 427 g/mol. The molecule has 7 nitrogen and oxygen atoms in total. The van der Waals surface area contributed by atoms with E-state index in [2.05, 4.69) is 15.9 Å². The Hall–Kier alpha value is -1.64. The van der Waals surface area contributed by atoms with E-state index in [0.717, 1.165) is 5.56 Å². The van der Waals surface area contributed by atoms with Crippen molar-refractivity contribution in [2.75, 3.05) is 34.4 Å². The molecule has 3 rings (SSSR count). The Kier molecular flexibility index (Phi) is 5.28. The van der Waals surface area contributed by atoms with Gasteiger partial charge in [0.1, 0.15) is 11.5 Å². The number of ketones is 1. The number of benzene rings is 1. The first-order valence-corrected chi connectivity index (χ1v) is 9.15. The summed E-state index contributed by atoms with van der Waals surface area (Å²) in [6.07, 6.45) is 0.805. The minimum Gasteiger partial charge on any atom is -0.496 e. The van der Waals surface area contributed by atoms with Crippen LogP contribution in [0.25, 0.3) is 0 Å². The SMILES string of the molecule is COc1cc(C)c(Br)c(OC)c1C1C(=O)OC2(CCN(OC)CC2)C1=O. The summed E-state index contributed by atoms with van der Waals surface area (Å²) in [6, 6.07) is 1.78.